The predicted molar refractivity (Wildman–Crippen MR) is 126 cm³/mol. The molecular weight excluding hydrogens is 426 g/mol. The van der Waals surface area contributed by atoms with Gasteiger partial charge in [-0.2, -0.15) is 0 Å². The topological polar surface area (TPSA) is 72.9 Å². The SMILES string of the molecule is CCCOc1ccc(CN(C(=O)COc2ccc(C(C)C)cc2)C2CCS(=O)(=O)C2)cc1. The van der Waals surface area contributed by atoms with Crippen LogP contribution in [0.25, 0.3) is 0 Å². The van der Waals surface area contributed by atoms with Crippen molar-refractivity contribution in [1.82, 2.24) is 4.90 Å². The van der Waals surface area contributed by atoms with Crippen molar-refractivity contribution < 1.29 is 22.7 Å². The van der Waals surface area contributed by atoms with Gasteiger partial charge >= 0.3 is 0 Å². The molecule has 0 saturated carbocycles. The summed E-state index contributed by atoms with van der Waals surface area (Å²) < 4.78 is 35.4. The number of rotatable bonds is 10. The lowest BCUT2D eigenvalue weighted by molar-refractivity contribution is -0.136. The van der Waals surface area contributed by atoms with Gasteiger partial charge in [0.05, 0.1) is 18.1 Å². The van der Waals surface area contributed by atoms with E-state index in [0.717, 1.165) is 17.7 Å². The fraction of sp³-hybridized carbons (Fsp3) is 0.480. The van der Waals surface area contributed by atoms with E-state index in [1.165, 1.54) is 5.56 Å². The molecule has 0 aliphatic carbocycles. The highest BCUT2D eigenvalue weighted by Crippen LogP contribution is 2.23. The van der Waals surface area contributed by atoms with E-state index in [1.54, 1.807) is 4.90 Å². The molecule has 1 unspecified atom stereocenters. The van der Waals surface area contributed by atoms with E-state index in [4.69, 9.17) is 9.47 Å². The summed E-state index contributed by atoms with van der Waals surface area (Å²) in [7, 11) is -3.12. The Balaban J connectivity index is 1.68. The van der Waals surface area contributed by atoms with Gasteiger partial charge in [-0.15, -0.1) is 0 Å². The summed E-state index contributed by atoms with van der Waals surface area (Å²) in [5.74, 6) is 1.72. The van der Waals surface area contributed by atoms with Crippen LogP contribution in [0.4, 0.5) is 0 Å². The predicted octanol–water partition coefficient (Wildman–Crippen LogP) is 4.19. The van der Waals surface area contributed by atoms with Gasteiger partial charge in [-0.25, -0.2) is 8.42 Å². The van der Waals surface area contributed by atoms with Crippen LogP contribution < -0.4 is 9.47 Å². The first kappa shape index (κ1) is 24.1. The largest absolute Gasteiger partial charge is 0.494 e. The van der Waals surface area contributed by atoms with E-state index < -0.39 is 9.84 Å². The van der Waals surface area contributed by atoms with E-state index in [2.05, 4.69) is 13.8 Å². The minimum atomic E-state index is -3.12. The third kappa shape index (κ3) is 6.73. The van der Waals surface area contributed by atoms with Crippen molar-refractivity contribution in [3.63, 3.8) is 0 Å². The third-order valence-corrected chi connectivity index (χ3v) is 7.38. The fourth-order valence-corrected chi connectivity index (χ4v) is 5.46. The van der Waals surface area contributed by atoms with Crippen LogP contribution in [0.5, 0.6) is 11.5 Å². The minimum absolute atomic E-state index is 0.000476. The summed E-state index contributed by atoms with van der Waals surface area (Å²) in [5.41, 5.74) is 2.13. The quantitative estimate of drug-likeness (QED) is 0.533. The number of carbonyl (C=O) groups is 1. The average Bonchev–Trinajstić information content (AvgIpc) is 3.14. The van der Waals surface area contributed by atoms with E-state index in [0.29, 0.717) is 31.2 Å². The Morgan fingerprint density at radius 3 is 2.22 bits per heavy atom. The van der Waals surface area contributed by atoms with E-state index in [-0.39, 0.29) is 30.1 Å². The van der Waals surface area contributed by atoms with Crippen molar-refractivity contribution in [2.24, 2.45) is 0 Å². The molecule has 1 aliphatic heterocycles. The second-order valence-corrected chi connectivity index (χ2v) is 10.8. The number of hydrogen-bond acceptors (Lipinski definition) is 5. The van der Waals surface area contributed by atoms with Crippen LogP contribution >= 0.6 is 0 Å². The molecule has 3 rings (SSSR count). The standard InChI is InChI=1S/C25H33NO5S/c1-4-14-30-23-9-5-20(6-10-23)16-26(22-13-15-32(28,29)18-22)25(27)17-31-24-11-7-21(8-12-24)19(2)3/h5-12,19,22H,4,13-18H2,1-3H3. The van der Waals surface area contributed by atoms with Gasteiger partial charge in [0.25, 0.3) is 5.91 Å². The number of sulfone groups is 1. The Morgan fingerprint density at radius 1 is 1.03 bits per heavy atom. The zero-order valence-corrected chi connectivity index (χ0v) is 19.9. The fourth-order valence-electron chi connectivity index (χ4n) is 3.73. The highest BCUT2D eigenvalue weighted by molar-refractivity contribution is 7.91. The third-order valence-electron chi connectivity index (χ3n) is 5.63. The number of benzene rings is 2. The molecule has 32 heavy (non-hydrogen) atoms. The molecule has 1 saturated heterocycles. The van der Waals surface area contributed by atoms with Crippen LogP contribution in [-0.4, -0.2) is 50.0 Å². The molecule has 1 fully saturated rings. The molecule has 7 heteroatoms. The van der Waals surface area contributed by atoms with E-state index in [9.17, 15) is 13.2 Å². The molecule has 1 heterocycles. The molecule has 0 N–H and O–H groups in total. The summed E-state index contributed by atoms with van der Waals surface area (Å²) in [6.45, 7) is 7.15. The van der Waals surface area contributed by atoms with E-state index >= 15 is 0 Å². The zero-order chi connectivity index (χ0) is 23.1. The van der Waals surface area contributed by atoms with Gasteiger partial charge in [-0.3, -0.25) is 4.79 Å². The number of carbonyl (C=O) groups excluding carboxylic acids is 1. The Hall–Kier alpha value is -2.54. The van der Waals surface area contributed by atoms with Gasteiger partial charge in [0.2, 0.25) is 0 Å². The van der Waals surface area contributed by atoms with Crippen LogP contribution in [0.15, 0.2) is 48.5 Å². The summed E-state index contributed by atoms with van der Waals surface area (Å²) in [5, 5.41) is 0. The number of ether oxygens (including phenoxy) is 2. The summed E-state index contributed by atoms with van der Waals surface area (Å²) in [4.78, 5) is 14.7. The Labute approximate surface area is 191 Å². The van der Waals surface area contributed by atoms with Gasteiger partial charge < -0.3 is 14.4 Å². The van der Waals surface area contributed by atoms with Crippen molar-refractivity contribution in [3.05, 3.63) is 59.7 Å². The van der Waals surface area contributed by atoms with Crippen molar-refractivity contribution in [2.75, 3.05) is 24.7 Å². The molecule has 6 nitrogen and oxygen atoms in total. The maximum Gasteiger partial charge on any atom is 0.261 e. The van der Waals surface area contributed by atoms with Crippen LogP contribution in [-0.2, 0) is 21.2 Å². The van der Waals surface area contributed by atoms with Crippen molar-refractivity contribution in [3.8, 4) is 11.5 Å². The second-order valence-electron chi connectivity index (χ2n) is 8.58. The van der Waals surface area contributed by atoms with Gasteiger partial charge in [-0.05, 0) is 54.2 Å². The number of amides is 1. The molecule has 1 amide bonds. The van der Waals surface area contributed by atoms with Crippen molar-refractivity contribution in [1.29, 1.82) is 0 Å². The van der Waals surface area contributed by atoms with Gasteiger partial charge in [0, 0.05) is 12.6 Å². The highest BCUT2D eigenvalue weighted by Gasteiger charge is 2.34. The molecule has 0 spiro atoms. The van der Waals surface area contributed by atoms with Gasteiger partial charge in [0.15, 0.2) is 16.4 Å². The van der Waals surface area contributed by atoms with Crippen LogP contribution in [0.1, 0.15) is 50.7 Å². The number of nitrogens with zero attached hydrogens (tertiary/aromatic N) is 1. The molecule has 0 bridgehead atoms. The van der Waals surface area contributed by atoms with Gasteiger partial charge in [0.1, 0.15) is 11.5 Å². The minimum Gasteiger partial charge on any atom is -0.494 e. The first-order valence-electron chi connectivity index (χ1n) is 11.2. The monoisotopic (exact) mass is 459 g/mol. The van der Waals surface area contributed by atoms with Crippen molar-refractivity contribution >= 4 is 15.7 Å². The molecule has 2 aromatic rings. The molecule has 1 aliphatic rings. The smallest absolute Gasteiger partial charge is 0.261 e. The Morgan fingerprint density at radius 2 is 1.66 bits per heavy atom. The summed E-state index contributed by atoms with van der Waals surface area (Å²) in [6, 6.07) is 15.0. The highest BCUT2D eigenvalue weighted by atomic mass is 32.2. The molecule has 2 aromatic carbocycles. The maximum atomic E-state index is 13.1. The van der Waals surface area contributed by atoms with Crippen LogP contribution in [0, 0.1) is 0 Å². The second kappa shape index (κ2) is 10.9. The first-order valence-corrected chi connectivity index (χ1v) is 13.0. The lowest BCUT2D eigenvalue weighted by Crippen LogP contribution is -2.43. The molecule has 174 valence electrons. The first-order chi connectivity index (χ1) is 15.3. The molecule has 1 atom stereocenters. The Bertz CT molecular complexity index is 984. The lowest BCUT2D eigenvalue weighted by atomic mass is 10.0. The van der Waals surface area contributed by atoms with Gasteiger partial charge in [-0.1, -0.05) is 45.0 Å². The molecule has 0 aromatic heterocycles. The summed E-state index contributed by atoms with van der Waals surface area (Å²) >= 11 is 0. The zero-order valence-electron chi connectivity index (χ0n) is 19.1. The molecular formula is C25H33NO5S. The number of hydrogen-bond donors (Lipinski definition) is 0. The van der Waals surface area contributed by atoms with E-state index in [1.807, 2.05) is 55.5 Å². The average molecular weight is 460 g/mol. The molecule has 0 radical (unpaired) electrons. The van der Waals surface area contributed by atoms with Crippen molar-refractivity contribution in [2.45, 2.75) is 52.1 Å². The maximum absolute atomic E-state index is 13.1. The Kier molecular flexibility index (Phi) is 8.18. The normalized spacial score (nSPS) is 17.3. The lowest BCUT2D eigenvalue weighted by Gasteiger charge is -2.28. The summed E-state index contributed by atoms with van der Waals surface area (Å²) in [6.07, 6.45) is 1.38. The van der Waals surface area contributed by atoms with Crippen LogP contribution in [0.3, 0.4) is 0 Å². The van der Waals surface area contributed by atoms with Crippen LogP contribution in [0.2, 0.25) is 0 Å².